The Morgan fingerprint density at radius 2 is 1.82 bits per heavy atom. The molecule has 0 aliphatic carbocycles. The van der Waals surface area contributed by atoms with Crippen molar-refractivity contribution in [3.05, 3.63) is 36.0 Å². The van der Waals surface area contributed by atoms with Gasteiger partial charge in [-0.05, 0) is 17.5 Å². The predicted octanol–water partition coefficient (Wildman–Crippen LogP) is -1.08. The zero-order valence-corrected chi connectivity index (χ0v) is 11.6. The normalized spacial score (nSPS) is 15.5. The smallest absolute Gasteiger partial charge is 0.229 e. The van der Waals surface area contributed by atoms with Gasteiger partial charge in [-0.1, -0.05) is 18.2 Å². The van der Waals surface area contributed by atoms with Crippen molar-refractivity contribution >= 4 is 22.5 Å². The number of rotatable bonds is 7. The monoisotopic (exact) mass is 307 g/mol. The van der Waals surface area contributed by atoms with Crippen LogP contribution >= 0.6 is 0 Å². The van der Waals surface area contributed by atoms with Gasteiger partial charge in [0, 0.05) is 11.2 Å². The molecule has 0 aliphatic rings. The maximum Gasteiger partial charge on any atom is 0.229 e. The highest BCUT2D eigenvalue weighted by Crippen LogP contribution is 2.15. The highest BCUT2D eigenvalue weighted by molar-refractivity contribution is 6.39. The number of aromatic nitrogens is 1. The average Bonchev–Trinajstić information content (AvgIpc) is 2.93. The van der Waals surface area contributed by atoms with Gasteiger partial charge in [0.05, 0.1) is 13.0 Å². The number of benzene rings is 1. The number of carbonyl (C=O) groups is 2. The molecule has 0 amide bonds. The van der Waals surface area contributed by atoms with Gasteiger partial charge in [-0.25, -0.2) is 0 Å². The van der Waals surface area contributed by atoms with Crippen LogP contribution in [0, 0.1) is 0 Å². The molecule has 0 radical (unpaired) electrons. The second-order valence-corrected chi connectivity index (χ2v) is 5.03. The molecule has 0 fully saturated rings. The average molecular weight is 307 g/mol. The van der Waals surface area contributed by atoms with Gasteiger partial charge < -0.3 is 25.4 Å². The number of Topliss-reactive ketones (excluding diaryl/α,β-unsaturated/α-hetero) is 2. The minimum atomic E-state index is -2.07. The van der Waals surface area contributed by atoms with E-state index in [1.807, 2.05) is 24.3 Å². The number of hydrogen-bond donors (Lipinski definition) is 5. The summed E-state index contributed by atoms with van der Waals surface area (Å²) in [5, 5.41) is 37.8. The molecule has 1 heterocycles. The Kier molecular flexibility index (Phi) is 5.04. The molecule has 118 valence electrons. The molecule has 0 spiro atoms. The molecule has 0 unspecified atom stereocenters. The molecule has 0 bridgehead atoms. The Labute approximate surface area is 125 Å². The topological polar surface area (TPSA) is 131 Å². The Morgan fingerprint density at radius 3 is 2.45 bits per heavy atom. The first-order valence-corrected chi connectivity index (χ1v) is 6.72. The lowest BCUT2D eigenvalue weighted by Gasteiger charge is -2.19. The minimum Gasteiger partial charge on any atom is -0.394 e. The summed E-state index contributed by atoms with van der Waals surface area (Å²) in [5.41, 5.74) is 1.32. The van der Waals surface area contributed by atoms with E-state index in [2.05, 4.69) is 4.98 Å². The molecule has 7 nitrogen and oxygen atoms in total. The molecule has 2 aromatic rings. The molecule has 1 aromatic heterocycles. The number of ketones is 2. The zero-order valence-electron chi connectivity index (χ0n) is 11.6. The van der Waals surface area contributed by atoms with Crippen LogP contribution in [0.2, 0.25) is 0 Å². The van der Waals surface area contributed by atoms with Crippen molar-refractivity contribution in [2.45, 2.75) is 24.7 Å². The van der Waals surface area contributed by atoms with Gasteiger partial charge in [-0.3, -0.25) is 9.59 Å². The number of nitrogens with one attached hydrogen (secondary N) is 1. The van der Waals surface area contributed by atoms with Crippen molar-refractivity contribution in [3.63, 3.8) is 0 Å². The Bertz CT molecular complexity index is 646. The number of carbonyl (C=O) groups excluding carboxylic acids is 2. The highest BCUT2D eigenvalue weighted by Gasteiger charge is 2.33. The lowest BCUT2D eigenvalue weighted by Crippen LogP contribution is -2.46. The molecule has 5 N–H and O–H groups in total. The lowest BCUT2D eigenvalue weighted by molar-refractivity contribution is -0.149. The van der Waals surface area contributed by atoms with E-state index in [9.17, 15) is 24.9 Å². The fourth-order valence-corrected chi connectivity index (χ4v) is 2.13. The zero-order chi connectivity index (χ0) is 16.3. The maximum absolute atomic E-state index is 11.9. The van der Waals surface area contributed by atoms with Gasteiger partial charge in [-0.2, -0.15) is 0 Å². The van der Waals surface area contributed by atoms with Crippen LogP contribution in [-0.2, 0) is 16.0 Å². The van der Waals surface area contributed by atoms with E-state index in [1.54, 1.807) is 6.07 Å². The van der Waals surface area contributed by atoms with Crippen LogP contribution < -0.4 is 0 Å². The second-order valence-electron chi connectivity index (χ2n) is 5.03. The van der Waals surface area contributed by atoms with Crippen LogP contribution in [-0.4, -0.2) is 61.9 Å². The lowest BCUT2D eigenvalue weighted by atomic mass is 10.00. The molecule has 0 aliphatic heterocycles. The first-order valence-electron chi connectivity index (χ1n) is 6.72. The van der Waals surface area contributed by atoms with Crippen LogP contribution in [0.4, 0.5) is 0 Å². The summed E-state index contributed by atoms with van der Waals surface area (Å²) in [4.78, 5) is 26.6. The number of H-pyrrole nitrogens is 1. The fourth-order valence-electron chi connectivity index (χ4n) is 2.13. The molecule has 7 heteroatoms. The number of hydrogen-bond acceptors (Lipinski definition) is 6. The Balaban J connectivity index is 2.06. The molecular formula is C15H17NO6. The summed E-state index contributed by atoms with van der Waals surface area (Å²) in [6.07, 6.45) is -5.94. The van der Waals surface area contributed by atoms with Crippen LogP contribution in [0.1, 0.15) is 5.69 Å². The van der Waals surface area contributed by atoms with Crippen molar-refractivity contribution in [1.29, 1.82) is 0 Å². The third kappa shape index (κ3) is 3.40. The van der Waals surface area contributed by atoms with Gasteiger partial charge in [0.15, 0.2) is 0 Å². The van der Waals surface area contributed by atoms with E-state index in [0.29, 0.717) is 5.69 Å². The third-order valence-electron chi connectivity index (χ3n) is 3.38. The van der Waals surface area contributed by atoms with Gasteiger partial charge in [0.25, 0.3) is 0 Å². The summed E-state index contributed by atoms with van der Waals surface area (Å²) < 4.78 is 0. The molecule has 1 aromatic carbocycles. The fraction of sp³-hybridized carbons (Fsp3) is 0.333. The second kappa shape index (κ2) is 6.80. The van der Waals surface area contributed by atoms with Crippen LogP contribution in [0.25, 0.3) is 10.9 Å². The number of para-hydroxylation sites is 1. The number of aliphatic hydroxyl groups excluding tert-OH is 4. The molecule has 0 saturated heterocycles. The van der Waals surface area contributed by atoms with Gasteiger partial charge in [0.1, 0.15) is 18.3 Å². The van der Waals surface area contributed by atoms with Gasteiger partial charge in [0.2, 0.25) is 11.6 Å². The summed E-state index contributed by atoms with van der Waals surface area (Å²) >= 11 is 0. The first-order chi connectivity index (χ1) is 10.4. The molecular weight excluding hydrogens is 290 g/mol. The summed E-state index contributed by atoms with van der Waals surface area (Å²) in [5.74, 6) is -2.11. The Hall–Kier alpha value is -2.06. The summed E-state index contributed by atoms with van der Waals surface area (Å²) in [6.45, 7) is -0.832. The van der Waals surface area contributed by atoms with Crippen LogP contribution in [0.5, 0.6) is 0 Å². The van der Waals surface area contributed by atoms with Crippen LogP contribution in [0.15, 0.2) is 30.3 Å². The van der Waals surface area contributed by atoms with E-state index < -0.39 is 36.5 Å². The highest BCUT2D eigenvalue weighted by atomic mass is 16.4. The predicted molar refractivity (Wildman–Crippen MR) is 77.1 cm³/mol. The standard InChI is InChI=1S/C15H17NO6/c17-7-12(19)14(21)15(22)13(20)11(18)6-9-5-8-3-1-2-4-10(8)16-9/h1-5,12,14-17,19,21-22H,6-7H2/t12-,14-,15-/m1/s1. The SMILES string of the molecule is O=C(Cc1cc2ccccc2[nH]1)C(=O)[C@@H](O)[C@H](O)[C@H](O)CO. The van der Waals surface area contributed by atoms with Gasteiger partial charge in [-0.15, -0.1) is 0 Å². The molecule has 2 rings (SSSR count). The van der Waals surface area contributed by atoms with Crippen molar-refractivity contribution in [2.75, 3.05) is 6.61 Å². The van der Waals surface area contributed by atoms with Crippen molar-refractivity contribution in [2.24, 2.45) is 0 Å². The van der Waals surface area contributed by atoms with E-state index in [1.165, 1.54) is 0 Å². The van der Waals surface area contributed by atoms with E-state index >= 15 is 0 Å². The van der Waals surface area contributed by atoms with E-state index in [4.69, 9.17) is 5.11 Å². The first kappa shape index (κ1) is 16.3. The Morgan fingerprint density at radius 1 is 1.14 bits per heavy atom. The van der Waals surface area contributed by atoms with E-state index in [-0.39, 0.29) is 6.42 Å². The number of fused-ring (bicyclic) bond motifs is 1. The largest absolute Gasteiger partial charge is 0.394 e. The van der Waals surface area contributed by atoms with Crippen LogP contribution in [0.3, 0.4) is 0 Å². The summed E-state index contributed by atoms with van der Waals surface area (Å²) in [7, 11) is 0. The number of aliphatic hydroxyl groups is 4. The van der Waals surface area contributed by atoms with Crippen molar-refractivity contribution in [3.8, 4) is 0 Å². The van der Waals surface area contributed by atoms with Crippen molar-refractivity contribution in [1.82, 2.24) is 4.98 Å². The molecule has 22 heavy (non-hydrogen) atoms. The summed E-state index contributed by atoms with van der Waals surface area (Å²) in [6, 6.07) is 9.04. The number of aromatic amines is 1. The van der Waals surface area contributed by atoms with E-state index in [0.717, 1.165) is 10.9 Å². The third-order valence-corrected chi connectivity index (χ3v) is 3.38. The van der Waals surface area contributed by atoms with Gasteiger partial charge >= 0.3 is 0 Å². The molecule has 3 atom stereocenters. The quantitative estimate of drug-likeness (QED) is 0.414. The maximum atomic E-state index is 11.9. The van der Waals surface area contributed by atoms with Crippen molar-refractivity contribution < 1.29 is 30.0 Å². The molecule has 0 saturated carbocycles. The minimum absolute atomic E-state index is 0.257.